The lowest BCUT2D eigenvalue weighted by Gasteiger charge is -2.34. The van der Waals surface area contributed by atoms with Gasteiger partial charge in [0.15, 0.2) is 0 Å². The van der Waals surface area contributed by atoms with E-state index >= 15 is 0 Å². The van der Waals surface area contributed by atoms with Gasteiger partial charge in [-0.1, -0.05) is 18.2 Å². The average molecular weight is 360 g/mol. The van der Waals surface area contributed by atoms with E-state index in [0.717, 1.165) is 17.7 Å². The molecule has 0 radical (unpaired) electrons. The summed E-state index contributed by atoms with van der Waals surface area (Å²) in [6.07, 6.45) is -0.448. The average Bonchev–Trinajstić information content (AvgIpc) is 3.00. The minimum Gasteiger partial charge on any atom is -0.444 e. The van der Waals surface area contributed by atoms with Gasteiger partial charge in [-0.15, -0.1) is 0 Å². The number of amides is 2. The van der Waals surface area contributed by atoms with Crippen LogP contribution in [0.5, 0.6) is 0 Å². The van der Waals surface area contributed by atoms with Gasteiger partial charge in [-0.05, 0) is 59.6 Å². The summed E-state index contributed by atoms with van der Waals surface area (Å²) in [5.41, 5.74) is 0.691. The molecule has 2 heterocycles. The number of hydrogen-bond acceptors (Lipinski definition) is 4. The Hall–Kier alpha value is -2.24. The molecule has 0 N–H and O–H groups in total. The molecule has 1 saturated heterocycles. The molecule has 0 aromatic heterocycles. The Bertz CT molecular complexity index is 717. The Labute approximate surface area is 155 Å². The van der Waals surface area contributed by atoms with Crippen molar-refractivity contribution in [3.8, 4) is 0 Å². The van der Waals surface area contributed by atoms with Crippen molar-refractivity contribution in [1.82, 2.24) is 4.90 Å². The summed E-state index contributed by atoms with van der Waals surface area (Å²) >= 11 is 0. The van der Waals surface area contributed by atoms with E-state index in [2.05, 4.69) is 0 Å². The van der Waals surface area contributed by atoms with E-state index in [1.54, 1.807) is 9.80 Å². The van der Waals surface area contributed by atoms with Crippen molar-refractivity contribution in [3.05, 3.63) is 29.8 Å². The zero-order chi connectivity index (χ0) is 19.3. The minimum absolute atomic E-state index is 0.0752. The zero-order valence-corrected chi connectivity index (χ0v) is 16.4. The first kappa shape index (κ1) is 18.5. The molecule has 2 aliphatic rings. The van der Waals surface area contributed by atoms with Crippen molar-refractivity contribution < 1.29 is 19.1 Å². The Balaban J connectivity index is 1.95. The van der Waals surface area contributed by atoms with E-state index in [1.807, 2.05) is 65.8 Å². The van der Waals surface area contributed by atoms with Crippen LogP contribution in [0.1, 0.15) is 59.4 Å². The number of hydrogen-bond donors (Lipinski definition) is 0. The summed E-state index contributed by atoms with van der Waals surface area (Å²) in [5.74, 6) is 0.0752. The van der Waals surface area contributed by atoms with Crippen molar-refractivity contribution in [2.75, 3.05) is 11.4 Å². The second-order valence-corrected chi connectivity index (χ2v) is 8.89. The Morgan fingerprint density at radius 3 is 2.15 bits per heavy atom. The SMILES string of the molecule is CC(C)(C)OC(=O)N1CC[C@H]2c3ccccc3N(C(=O)OC(C)(C)C)[C@H]21. The standard InChI is InChI=1S/C20H28N2O4/c1-19(2,3)25-17(23)21-12-11-14-13-9-7-8-10-15(13)22(16(14)21)18(24)26-20(4,5)6/h7-10,14,16H,11-12H2,1-6H3/t14-,16+/m0/s1. The van der Waals surface area contributed by atoms with Crippen LogP contribution in [-0.2, 0) is 9.47 Å². The van der Waals surface area contributed by atoms with Gasteiger partial charge in [-0.2, -0.15) is 0 Å². The first-order chi connectivity index (χ1) is 12.0. The van der Waals surface area contributed by atoms with Gasteiger partial charge in [0.05, 0.1) is 5.69 Å². The molecule has 2 amide bonds. The predicted octanol–water partition coefficient (Wildman–Crippen LogP) is 4.49. The molecule has 2 atom stereocenters. The van der Waals surface area contributed by atoms with Gasteiger partial charge in [0.25, 0.3) is 0 Å². The van der Waals surface area contributed by atoms with E-state index < -0.39 is 29.6 Å². The molecule has 2 aliphatic heterocycles. The maximum absolute atomic E-state index is 12.9. The normalized spacial score (nSPS) is 22.1. The molecule has 1 fully saturated rings. The number of carbonyl (C=O) groups is 2. The van der Waals surface area contributed by atoms with Gasteiger partial charge in [0, 0.05) is 12.5 Å². The molecule has 0 bridgehead atoms. The highest BCUT2D eigenvalue weighted by Crippen LogP contribution is 2.48. The molecule has 26 heavy (non-hydrogen) atoms. The molecule has 1 aromatic carbocycles. The highest BCUT2D eigenvalue weighted by molar-refractivity contribution is 5.93. The lowest BCUT2D eigenvalue weighted by molar-refractivity contribution is 0.0201. The second-order valence-electron chi connectivity index (χ2n) is 8.89. The van der Waals surface area contributed by atoms with Crippen LogP contribution in [-0.4, -0.2) is 41.0 Å². The van der Waals surface area contributed by atoms with Crippen LogP contribution in [0.15, 0.2) is 24.3 Å². The summed E-state index contributed by atoms with van der Waals surface area (Å²) in [6, 6.07) is 7.79. The van der Waals surface area contributed by atoms with E-state index in [-0.39, 0.29) is 5.92 Å². The summed E-state index contributed by atoms with van der Waals surface area (Å²) < 4.78 is 11.2. The fourth-order valence-corrected chi connectivity index (χ4v) is 3.61. The molecule has 0 spiro atoms. The Kier molecular flexibility index (Phi) is 4.41. The number of anilines is 1. The molecule has 0 aliphatic carbocycles. The fourth-order valence-electron chi connectivity index (χ4n) is 3.61. The topological polar surface area (TPSA) is 59.1 Å². The van der Waals surface area contributed by atoms with Crippen LogP contribution in [0, 0.1) is 0 Å². The lowest BCUT2D eigenvalue weighted by atomic mass is 9.99. The third-order valence-electron chi connectivity index (χ3n) is 4.44. The summed E-state index contributed by atoms with van der Waals surface area (Å²) in [5, 5.41) is 0. The highest BCUT2D eigenvalue weighted by atomic mass is 16.6. The van der Waals surface area contributed by atoms with Crippen LogP contribution in [0.2, 0.25) is 0 Å². The maximum Gasteiger partial charge on any atom is 0.416 e. The van der Waals surface area contributed by atoms with Crippen molar-refractivity contribution in [3.63, 3.8) is 0 Å². The Morgan fingerprint density at radius 1 is 0.962 bits per heavy atom. The number of likely N-dealkylation sites (tertiary alicyclic amines) is 1. The Morgan fingerprint density at radius 2 is 1.54 bits per heavy atom. The van der Waals surface area contributed by atoms with Crippen molar-refractivity contribution in [1.29, 1.82) is 0 Å². The van der Waals surface area contributed by atoms with Gasteiger partial charge in [-0.25, -0.2) is 9.59 Å². The number of fused-ring (bicyclic) bond motifs is 3. The molecule has 6 heteroatoms. The molecule has 0 saturated carbocycles. The van der Waals surface area contributed by atoms with Crippen LogP contribution in [0.25, 0.3) is 0 Å². The summed E-state index contributed by atoms with van der Waals surface area (Å²) in [7, 11) is 0. The lowest BCUT2D eigenvalue weighted by Crippen LogP contribution is -2.51. The van der Waals surface area contributed by atoms with Crippen LogP contribution >= 0.6 is 0 Å². The first-order valence-corrected chi connectivity index (χ1v) is 9.09. The smallest absolute Gasteiger partial charge is 0.416 e. The van der Waals surface area contributed by atoms with Crippen LogP contribution < -0.4 is 4.90 Å². The first-order valence-electron chi connectivity index (χ1n) is 9.09. The summed E-state index contributed by atoms with van der Waals surface area (Å²) in [4.78, 5) is 28.9. The fraction of sp³-hybridized carbons (Fsp3) is 0.600. The number of carbonyl (C=O) groups excluding carboxylic acids is 2. The van der Waals surface area contributed by atoms with Crippen molar-refractivity contribution in [2.45, 2.75) is 71.2 Å². The van der Waals surface area contributed by atoms with E-state index in [1.165, 1.54) is 0 Å². The molecule has 3 rings (SSSR count). The monoisotopic (exact) mass is 360 g/mol. The number of benzene rings is 1. The van der Waals surface area contributed by atoms with Crippen LogP contribution in [0.3, 0.4) is 0 Å². The summed E-state index contributed by atoms with van der Waals surface area (Å²) in [6.45, 7) is 11.6. The molecular formula is C20H28N2O4. The molecule has 142 valence electrons. The molecule has 6 nitrogen and oxygen atoms in total. The third-order valence-corrected chi connectivity index (χ3v) is 4.44. The zero-order valence-electron chi connectivity index (χ0n) is 16.4. The van der Waals surface area contributed by atoms with Crippen molar-refractivity contribution >= 4 is 17.9 Å². The number of rotatable bonds is 0. The number of nitrogens with zero attached hydrogens (tertiary/aromatic N) is 2. The molecule has 1 aromatic rings. The number of para-hydroxylation sites is 1. The quantitative estimate of drug-likeness (QED) is 0.684. The third kappa shape index (κ3) is 3.50. The second kappa shape index (κ2) is 6.18. The highest BCUT2D eigenvalue weighted by Gasteiger charge is 2.51. The van der Waals surface area contributed by atoms with E-state index in [9.17, 15) is 9.59 Å². The van der Waals surface area contributed by atoms with Gasteiger partial charge in [0.2, 0.25) is 0 Å². The minimum atomic E-state index is -0.612. The largest absolute Gasteiger partial charge is 0.444 e. The predicted molar refractivity (Wildman–Crippen MR) is 99.2 cm³/mol. The van der Waals surface area contributed by atoms with E-state index in [0.29, 0.717) is 6.54 Å². The maximum atomic E-state index is 12.9. The van der Waals surface area contributed by atoms with Crippen molar-refractivity contribution in [2.24, 2.45) is 0 Å². The number of ether oxygens (including phenoxy) is 2. The molecule has 0 unspecified atom stereocenters. The van der Waals surface area contributed by atoms with Crippen LogP contribution in [0.4, 0.5) is 15.3 Å². The molecular weight excluding hydrogens is 332 g/mol. The van der Waals surface area contributed by atoms with E-state index in [4.69, 9.17) is 9.47 Å². The van der Waals surface area contributed by atoms with Gasteiger partial charge >= 0.3 is 12.2 Å². The van der Waals surface area contributed by atoms with Gasteiger partial charge < -0.3 is 9.47 Å². The van der Waals surface area contributed by atoms with Gasteiger partial charge in [-0.3, -0.25) is 9.80 Å². The van der Waals surface area contributed by atoms with Gasteiger partial charge in [0.1, 0.15) is 17.4 Å².